The first-order chi connectivity index (χ1) is 8.08. The zero-order chi connectivity index (χ0) is 12.5. The number of benzene rings is 1. The lowest BCUT2D eigenvalue weighted by molar-refractivity contribution is 0.0821. The Bertz CT molecular complexity index is 436. The highest BCUT2D eigenvalue weighted by molar-refractivity contribution is 5.99. The molecule has 0 aromatic heterocycles. The van der Waals surface area contributed by atoms with Crippen LogP contribution in [0, 0.1) is 5.82 Å². The molecule has 1 aliphatic rings. The van der Waals surface area contributed by atoms with Crippen molar-refractivity contribution in [1.82, 2.24) is 5.32 Å². The number of rotatable bonds is 3. The summed E-state index contributed by atoms with van der Waals surface area (Å²) in [6, 6.07) is 4.31. The van der Waals surface area contributed by atoms with Crippen LogP contribution in [0.5, 0.6) is 0 Å². The van der Waals surface area contributed by atoms with Crippen molar-refractivity contribution in [3.8, 4) is 0 Å². The minimum atomic E-state index is -0.545. The third-order valence-electron chi connectivity index (χ3n) is 3.66. The molecule has 1 aliphatic carbocycles. The fourth-order valence-corrected chi connectivity index (χ4v) is 2.21. The molecule has 0 heterocycles. The van der Waals surface area contributed by atoms with Gasteiger partial charge in [0.05, 0.1) is 11.3 Å². The van der Waals surface area contributed by atoms with Crippen LogP contribution in [0.3, 0.4) is 0 Å². The molecular weight excluding hydrogens is 219 g/mol. The van der Waals surface area contributed by atoms with Gasteiger partial charge in [-0.15, -0.1) is 0 Å². The lowest BCUT2D eigenvalue weighted by atomic mass is 9.74. The van der Waals surface area contributed by atoms with Gasteiger partial charge in [0.1, 0.15) is 5.82 Å². The monoisotopic (exact) mass is 236 g/mol. The molecule has 1 saturated carbocycles. The molecule has 17 heavy (non-hydrogen) atoms. The first kappa shape index (κ1) is 11.9. The highest BCUT2D eigenvalue weighted by Crippen LogP contribution is 2.35. The van der Waals surface area contributed by atoms with Crippen molar-refractivity contribution in [1.29, 1.82) is 0 Å². The zero-order valence-electron chi connectivity index (χ0n) is 9.92. The number of amides is 1. The van der Waals surface area contributed by atoms with Crippen LogP contribution >= 0.6 is 0 Å². The van der Waals surface area contributed by atoms with Crippen molar-refractivity contribution < 1.29 is 9.18 Å². The maximum absolute atomic E-state index is 13.2. The molecule has 92 valence electrons. The minimum absolute atomic E-state index is 0.0735. The van der Waals surface area contributed by atoms with Crippen LogP contribution in [-0.4, -0.2) is 11.4 Å². The largest absolute Gasteiger partial charge is 0.396 e. The van der Waals surface area contributed by atoms with E-state index in [1.54, 1.807) is 6.07 Å². The number of halogens is 1. The van der Waals surface area contributed by atoms with Gasteiger partial charge >= 0.3 is 0 Å². The van der Waals surface area contributed by atoms with Gasteiger partial charge in [-0.25, -0.2) is 4.39 Å². The van der Waals surface area contributed by atoms with E-state index in [-0.39, 0.29) is 22.7 Å². The number of nitrogens with one attached hydrogen (secondary N) is 1. The maximum Gasteiger partial charge on any atom is 0.253 e. The second-order valence-corrected chi connectivity index (χ2v) is 4.64. The third-order valence-corrected chi connectivity index (χ3v) is 3.66. The smallest absolute Gasteiger partial charge is 0.253 e. The van der Waals surface area contributed by atoms with E-state index in [1.807, 2.05) is 6.92 Å². The van der Waals surface area contributed by atoms with E-state index < -0.39 is 5.82 Å². The Kier molecular flexibility index (Phi) is 3.05. The lowest BCUT2D eigenvalue weighted by Gasteiger charge is -2.42. The summed E-state index contributed by atoms with van der Waals surface area (Å²) in [5.41, 5.74) is 5.62. The van der Waals surface area contributed by atoms with Crippen LogP contribution in [0.25, 0.3) is 0 Å². The highest BCUT2D eigenvalue weighted by Gasteiger charge is 2.36. The molecule has 1 aromatic rings. The van der Waals surface area contributed by atoms with Gasteiger partial charge in [0.2, 0.25) is 0 Å². The molecule has 1 amide bonds. The normalized spacial score (nSPS) is 17.3. The van der Waals surface area contributed by atoms with Crippen LogP contribution in [0.1, 0.15) is 43.0 Å². The standard InChI is InChI=1S/C13H17FN2O/c1-2-13(7-4-8-13)16-12(17)9-5-3-6-10(14)11(9)15/h3,5-6H,2,4,7-8,15H2,1H3,(H,16,17). The van der Waals surface area contributed by atoms with Crippen LogP contribution in [0.4, 0.5) is 10.1 Å². The van der Waals surface area contributed by atoms with Crippen LogP contribution in [-0.2, 0) is 0 Å². The molecule has 0 atom stereocenters. The number of carbonyl (C=O) groups excluding carboxylic acids is 1. The number of nitrogens with two attached hydrogens (primary N) is 1. The van der Waals surface area contributed by atoms with Gasteiger partial charge in [0.15, 0.2) is 0 Å². The van der Waals surface area contributed by atoms with Crippen LogP contribution in [0.2, 0.25) is 0 Å². The van der Waals surface area contributed by atoms with Gasteiger partial charge in [-0.05, 0) is 37.8 Å². The fraction of sp³-hybridized carbons (Fsp3) is 0.462. The van der Waals surface area contributed by atoms with Crippen molar-refractivity contribution in [2.24, 2.45) is 0 Å². The number of carbonyl (C=O) groups is 1. The number of para-hydroxylation sites is 1. The van der Waals surface area contributed by atoms with E-state index in [0.29, 0.717) is 0 Å². The third kappa shape index (κ3) is 2.12. The van der Waals surface area contributed by atoms with E-state index in [1.165, 1.54) is 12.1 Å². The molecule has 4 heteroatoms. The molecule has 1 fully saturated rings. The fourth-order valence-electron chi connectivity index (χ4n) is 2.21. The van der Waals surface area contributed by atoms with E-state index in [4.69, 9.17) is 5.73 Å². The zero-order valence-corrected chi connectivity index (χ0v) is 9.92. The van der Waals surface area contributed by atoms with E-state index in [9.17, 15) is 9.18 Å². The van der Waals surface area contributed by atoms with Crippen molar-refractivity contribution >= 4 is 11.6 Å². The number of anilines is 1. The topological polar surface area (TPSA) is 55.1 Å². The average Bonchev–Trinajstić information content (AvgIpc) is 2.27. The van der Waals surface area contributed by atoms with Crippen LogP contribution < -0.4 is 11.1 Å². The molecule has 0 aliphatic heterocycles. The molecule has 0 spiro atoms. The highest BCUT2D eigenvalue weighted by atomic mass is 19.1. The van der Waals surface area contributed by atoms with Gasteiger partial charge in [-0.2, -0.15) is 0 Å². The Balaban J connectivity index is 2.17. The summed E-state index contributed by atoms with van der Waals surface area (Å²) in [5.74, 6) is -0.819. The van der Waals surface area contributed by atoms with Gasteiger partial charge in [-0.1, -0.05) is 13.0 Å². The molecule has 0 radical (unpaired) electrons. The summed E-state index contributed by atoms with van der Waals surface area (Å²) < 4.78 is 13.2. The Morgan fingerprint density at radius 3 is 2.76 bits per heavy atom. The molecule has 2 rings (SSSR count). The van der Waals surface area contributed by atoms with E-state index in [0.717, 1.165) is 25.7 Å². The van der Waals surface area contributed by atoms with Crippen molar-refractivity contribution in [3.63, 3.8) is 0 Å². The molecule has 0 bridgehead atoms. The molecule has 0 saturated heterocycles. The quantitative estimate of drug-likeness (QED) is 0.792. The second-order valence-electron chi connectivity index (χ2n) is 4.64. The Morgan fingerprint density at radius 2 is 2.24 bits per heavy atom. The Hall–Kier alpha value is -1.58. The van der Waals surface area contributed by atoms with Gasteiger partial charge in [0.25, 0.3) is 5.91 Å². The van der Waals surface area contributed by atoms with Gasteiger partial charge in [-0.3, -0.25) is 4.79 Å². The number of hydrogen-bond acceptors (Lipinski definition) is 2. The summed E-state index contributed by atoms with van der Waals surface area (Å²) in [7, 11) is 0. The predicted molar refractivity (Wildman–Crippen MR) is 65.2 cm³/mol. The second kappa shape index (κ2) is 4.35. The van der Waals surface area contributed by atoms with Gasteiger partial charge in [0, 0.05) is 5.54 Å². The summed E-state index contributed by atoms with van der Waals surface area (Å²) in [6.07, 6.45) is 4.01. The number of nitrogen functional groups attached to an aromatic ring is 1. The van der Waals surface area contributed by atoms with Gasteiger partial charge < -0.3 is 11.1 Å². The molecule has 3 nitrogen and oxygen atoms in total. The van der Waals surface area contributed by atoms with Crippen molar-refractivity contribution in [2.45, 2.75) is 38.1 Å². The molecule has 0 unspecified atom stereocenters. The SMILES string of the molecule is CCC1(NC(=O)c2cccc(F)c2N)CCC1. The lowest BCUT2D eigenvalue weighted by Crippen LogP contribution is -2.53. The molecule has 1 aromatic carbocycles. The summed E-state index contributed by atoms with van der Waals surface area (Å²) in [5, 5.41) is 2.98. The number of hydrogen-bond donors (Lipinski definition) is 2. The molecular formula is C13H17FN2O. The van der Waals surface area contributed by atoms with E-state index in [2.05, 4.69) is 5.32 Å². The average molecular weight is 236 g/mol. The van der Waals surface area contributed by atoms with E-state index >= 15 is 0 Å². The summed E-state index contributed by atoms with van der Waals surface area (Å²) in [6.45, 7) is 2.05. The van der Waals surface area contributed by atoms with Crippen molar-refractivity contribution in [2.75, 3.05) is 5.73 Å². The molecule has 3 N–H and O–H groups in total. The summed E-state index contributed by atoms with van der Waals surface area (Å²) in [4.78, 5) is 12.0. The Morgan fingerprint density at radius 1 is 1.53 bits per heavy atom. The minimum Gasteiger partial charge on any atom is -0.396 e. The first-order valence-electron chi connectivity index (χ1n) is 5.94. The van der Waals surface area contributed by atoms with Crippen molar-refractivity contribution in [3.05, 3.63) is 29.6 Å². The predicted octanol–water partition coefficient (Wildman–Crippen LogP) is 2.47. The first-order valence-corrected chi connectivity index (χ1v) is 5.94. The Labute approximate surface area is 100 Å². The summed E-state index contributed by atoms with van der Waals surface area (Å²) >= 11 is 0. The van der Waals surface area contributed by atoms with Crippen LogP contribution in [0.15, 0.2) is 18.2 Å². The maximum atomic E-state index is 13.2.